The first-order valence-electron chi connectivity index (χ1n) is 3.85. The Morgan fingerprint density at radius 2 is 2.06 bits per heavy atom. The van der Waals surface area contributed by atoms with E-state index in [-0.39, 0.29) is 10.7 Å². The van der Waals surface area contributed by atoms with Gasteiger partial charge in [0.1, 0.15) is 0 Å². The van der Waals surface area contributed by atoms with Gasteiger partial charge in [-0.1, -0.05) is 11.6 Å². The maximum atomic E-state index is 10.8. The molecule has 0 saturated carbocycles. The highest BCUT2D eigenvalue weighted by Crippen LogP contribution is 2.28. The summed E-state index contributed by atoms with van der Waals surface area (Å²) in [7, 11) is -4.43. The van der Waals surface area contributed by atoms with E-state index in [0.717, 1.165) is 12.1 Å². The van der Waals surface area contributed by atoms with Crippen LogP contribution in [-0.4, -0.2) is 21.7 Å². The van der Waals surface area contributed by atoms with Gasteiger partial charge in [-0.25, -0.2) is 0 Å². The van der Waals surface area contributed by atoms with E-state index in [2.05, 4.69) is 0 Å². The molecule has 1 rings (SSSR count). The van der Waals surface area contributed by atoms with Crippen molar-refractivity contribution in [2.45, 2.75) is 11.8 Å². The van der Waals surface area contributed by atoms with Gasteiger partial charge in [-0.05, 0) is 24.6 Å². The molecule has 0 aliphatic heterocycles. The summed E-state index contributed by atoms with van der Waals surface area (Å²) in [5, 5.41) is 0.0306. The van der Waals surface area contributed by atoms with Crippen molar-refractivity contribution in [2.24, 2.45) is 0 Å². The van der Waals surface area contributed by atoms with Crippen LogP contribution in [0.1, 0.15) is 5.56 Å². The molecule has 0 aromatic heterocycles. The first kappa shape index (κ1) is 13.4. The fraction of sp³-hybridized carbons (Fsp3) is 0.143. The van der Waals surface area contributed by atoms with Crippen LogP contribution in [0.3, 0.4) is 0 Å². The molecule has 0 aliphatic rings. The van der Waals surface area contributed by atoms with Gasteiger partial charge in [0, 0.05) is 16.3 Å². The van der Waals surface area contributed by atoms with Crippen molar-refractivity contribution in [1.29, 1.82) is 0 Å². The molecule has 0 amide bonds. The third kappa shape index (κ3) is 3.16. The minimum absolute atomic E-state index is 0.00606. The SMILES string of the molecule is Cc1c(Cl)cc(S(=O)(=O)O)cc1NS(=O)[O-]. The average molecular weight is 285 g/mol. The van der Waals surface area contributed by atoms with Gasteiger partial charge in [0.25, 0.3) is 10.1 Å². The van der Waals surface area contributed by atoms with Gasteiger partial charge in [-0.15, -0.1) is 0 Å². The molecule has 0 saturated heterocycles. The van der Waals surface area contributed by atoms with Gasteiger partial charge < -0.3 is 9.27 Å². The van der Waals surface area contributed by atoms with Crippen molar-refractivity contribution < 1.29 is 21.7 Å². The summed E-state index contributed by atoms with van der Waals surface area (Å²) in [6.45, 7) is 1.51. The number of halogens is 1. The van der Waals surface area contributed by atoms with Crippen LogP contribution in [0.5, 0.6) is 0 Å². The van der Waals surface area contributed by atoms with E-state index in [1.807, 2.05) is 4.72 Å². The van der Waals surface area contributed by atoms with Crippen LogP contribution in [0.15, 0.2) is 17.0 Å². The van der Waals surface area contributed by atoms with Crippen LogP contribution in [0, 0.1) is 6.92 Å². The zero-order chi connectivity index (χ0) is 12.5. The van der Waals surface area contributed by atoms with Crippen LogP contribution in [0.2, 0.25) is 5.02 Å². The Hall–Kier alpha value is -0.670. The zero-order valence-electron chi connectivity index (χ0n) is 7.93. The van der Waals surface area contributed by atoms with E-state index in [1.54, 1.807) is 0 Å². The Morgan fingerprint density at radius 1 is 1.50 bits per heavy atom. The lowest BCUT2D eigenvalue weighted by molar-refractivity contribution is 0.483. The second-order valence-corrected chi connectivity index (χ2v) is 5.39. The summed E-state index contributed by atoms with van der Waals surface area (Å²) >= 11 is 3.09. The Bertz CT molecular complexity index is 542. The van der Waals surface area contributed by atoms with Gasteiger partial charge in [-0.3, -0.25) is 8.76 Å². The van der Waals surface area contributed by atoms with Crippen molar-refractivity contribution in [3.63, 3.8) is 0 Å². The van der Waals surface area contributed by atoms with Crippen LogP contribution in [0.25, 0.3) is 0 Å². The standard InChI is InChI=1S/C7H8ClNO5S2/c1-4-6(8)2-5(16(12,13)14)3-7(4)9-15(10)11/h2-3,9H,1H3,(H,10,11)(H,12,13,14)/p-1. The van der Waals surface area contributed by atoms with Gasteiger partial charge in [0.15, 0.2) is 0 Å². The lowest BCUT2D eigenvalue weighted by Crippen LogP contribution is -2.06. The van der Waals surface area contributed by atoms with Crippen molar-refractivity contribution in [3.8, 4) is 0 Å². The molecule has 90 valence electrons. The zero-order valence-corrected chi connectivity index (χ0v) is 10.3. The molecular weight excluding hydrogens is 278 g/mol. The highest BCUT2D eigenvalue weighted by Gasteiger charge is 2.14. The molecule has 0 fully saturated rings. The summed E-state index contributed by atoms with van der Waals surface area (Å²) in [4.78, 5) is -0.476. The minimum Gasteiger partial charge on any atom is -0.755 e. The monoisotopic (exact) mass is 284 g/mol. The lowest BCUT2D eigenvalue weighted by Gasteiger charge is -2.13. The third-order valence-corrected chi connectivity index (χ3v) is 3.42. The second kappa shape index (κ2) is 4.68. The second-order valence-electron chi connectivity index (χ2n) is 2.89. The molecule has 9 heteroatoms. The molecule has 0 spiro atoms. The smallest absolute Gasteiger partial charge is 0.294 e. The van der Waals surface area contributed by atoms with Crippen molar-refractivity contribution in [2.75, 3.05) is 4.72 Å². The highest BCUT2D eigenvalue weighted by atomic mass is 35.5. The molecule has 0 radical (unpaired) electrons. The Labute approximate surface area is 99.8 Å². The number of benzene rings is 1. The third-order valence-electron chi connectivity index (χ3n) is 1.81. The number of hydrogen-bond donors (Lipinski definition) is 2. The quantitative estimate of drug-likeness (QED) is 0.638. The van der Waals surface area contributed by atoms with Gasteiger partial charge in [0.05, 0.1) is 10.6 Å². The molecule has 6 nitrogen and oxygen atoms in total. The van der Waals surface area contributed by atoms with E-state index in [4.69, 9.17) is 16.2 Å². The predicted octanol–water partition coefficient (Wildman–Crippen LogP) is 1.10. The molecular formula is C7H7ClNO5S2-. The van der Waals surface area contributed by atoms with Gasteiger partial charge >= 0.3 is 0 Å². The van der Waals surface area contributed by atoms with E-state index in [9.17, 15) is 17.2 Å². The van der Waals surface area contributed by atoms with Crippen molar-refractivity contribution in [3.05, 3.63) is 22.7 Å². The summed E-state index contributed by atoms with van der Waals surface area (Å²) in [5.41, 5.74) is 0.353. The van der Waals surface area contributed by atoms with Crippen molar-refractivity contribution >= 4 is 38.7 Å². The number of rotatable bonds is 3. The average Bonchev–Trinajstić information content (AvgIpc) is 2.10. The highest BCUT2D eigenvalue weighted by molar-refractivity contribution is 7.85. The fourth-order valence-electron chi connectivity index (χ4n) is 0.999. The molecule has 0 aliphatic carbocycles. The summed E-state index contributed by atoms with van der Waals surface area (Å²) < 4.78 is 53.3. The topological polar surface area (TPSA) is 107 Å². The van der Waals surface area contributed by atoms with Crippen molar-refractivity contribution in [1.82, 2.24) is 0 Å². The summed E-state index contributed by atoms with van der Waals surface area (Å²) in [6.07, 6.45) is 0. The normalized spacial score (nSPS) is 13.5. The predicted molar refractivity (Wildman–Crippen MR) is 58.5 cm³/mol. The van der Waals surface area contributed by atoms with E-state index in [1.165, 1.54) is 6.92 Å². The Kier molecular flexibility index (Phi) is 3.92. The van der Waals surface area contributed by atoms with Gasteiger partial charge in [-0.2, -0.15) is 8.42 Å². The number of nitrogens with one attached hydrogen (secondary N) is 1. The molecule has 16 heavy (non-hydrogen) atoms. The molecule has 0 bridgehead atoms. The molecule has 1 aromatic carbocycles. The molecule has 1 aromatic rings. The maximum Gasteiger partial charge on any atom is 0.294 e. The van der Waals surface area contributed by atoms with Crippen LogP contribution >= 0.6 is 11.6 Å². The molecule has 2 N–H and O–H groups in total. The van der Waals surface area contributed by atoms with E-state index >= 15 is 0 Å². The largest absolute Gasteiger partial charge is 0.755 e. The molecule has 0 heterocycles. The summed E-state index contributed by atoms with van der Waals surface area (Å²) in [5.74, 6) is 0. The molecule has 1 unspecified atom stereocenters. The first-order valence-corrected chi connectivity index (χ1v) is 6.74. The van der Waals surface area contributed by atoms with E-state index < -0.39 is 26.3 Å². The fourth-order valence-corrected chi connectivity index (χ4v) is 2.21. The minimum atomic E-state index is -4.43. The summed E-state index contributed by atoms with van der Waals surface area (Å²) in [6, 6.07) is 2.01. The Balaban J connectivity index is 3.39. The number of anilines is 1. The molecule has 1 atom stereocenters. The first-order chi connectivity index (χ1) is 7.21. The van der Waals surface area contributed by atoms with Crippen LogP contribution < -0.4 is 4.72 Å². The van der Waals surface area contributed by atoms with E-state index in [0.29, 0.717) is 5.56 Å². The van der Waals surface area contributed by atoms with Crippen LogP contribution in [-0.2, 0) is 21.4 Å². The number of hydrogen-bond acceptors (Lipinski definition) is 4. The Morgan fingerprint density at radius 3 is 2.50 bits per heavy atom. The van der Waals surface area contributed by atoms with Gasteiger partial charge in [0.2, 0.25) is 0 Å². The maximum absolute atomic E-state index is 10.8. The van der Waals surface area contributed by atoms with Crippen LogP contribution in [0.4, 0.5) is 5.69 Å². The lowest BCUT2D eigenvalue weighted by atomic mass is 10.2.